The van der Waals surface area contributed by atoms with Gasteiger partial charge in [0, 0.05) is 19.8 Å². The lowest BCUT2D eigenvalue weighted by Crippen LogP contribution is -2.21. The van der Waals surface area contributed by atoms with Gasteiger partial charge in [0.05, 0.1) is 0 Å². The number of hydroxylamine groups is 1. The molecule has 0 aliphatic carbocycles. The second-order valence-corrected chi connectivity index (χ2v) is 2.17. The molecule has 0 saturated carbocycles. The largest absolute Gasteiger partial charge is 0.385 e. The Balaban J connectivity index is 2.88. The zero-order valence-electron chi connectivity index (χ0n) is 6.05. The smallest absolute Gasteiger partial charge is 0.0462 e. The van der Waals surface area contributed by atoms with E-state index in [0.29, 0.717) is 0 Å². The molecule has 0 aliphatic rings. The molecule has 0 saturated heterocycles. The van der Waals surface area contributed by atoms with E-state index in [1.165, 1.54) is 0 Å². The minimum absolute atomic E-state index is 0.181. The van der Waals surface area contributed by atoms with Gasteiger partial charge >= 0.3 is 0 Å². The van der Waals surface area contributed by atoms with Crippen LogP contribution in [0.1, 0.15) is 19.8 Å². The van der Waals surface area contributed by atoms with E-state index < -0.39 is 0 Å². The first-order chi connectivity index (χ1) is 4.31. The van der Waals surface area contributed by atoms with Gasteiger partial charge in [0.15, 0.2) is 0 Å². The van der Waals surface area contributed by atoms with Crippen molar-refractivity contribution in [1.29, 1.82) is 0 Å². The predicted octanol–water partition coefficient (Wildman–Crippen LogP) is 0.780. The molecule has 0 heterocycles. The lowest BCUT2D eigenvalue weighted by molar-refractivity contribution is 0.120. The standard InChI is InChI=1S/C6H15NO2/c1-6(7-8)4-3-5-9-2/h6-8H,3-5H2,1-2H3. The van der Waals surface area contributed by atoms with Gasteiger partial charge in [-0.05, 0) is 19.8 Å². The molecule has 1 unspecified atom stereocenters. The Morgan fingerprint density at radius 2 is 2.33 bits per heavy atom. The molecule has 0 aromatic carbocycles. The highest BCUT2D eigenvalue weighted by molar-refractivity contribution is 4.52. The molecule has 0 aromatic heterocycles. The maximum absolute atomic E-state index is 8.34. The van der Waals surface area contributed by atoms with Crippen molar-refractivity contribution in [3.05, 3.63) is 0 Å². The van der Waals surface area contributed by atoms with Crippen molar-refractivity contribution in [2.24, 2.45) is 0 Å². The zero-order valence-corrected chi connectivity index (χ0v) is 6.05. The van der Waals surface area contributed by atoms with Gasteiger partial charge < -0.3 is 9.94 Å². The van der Waals surface area contributed by atoms with Gasteiger partial charge in [-0.25, -0.2) is 5.48 Å². The number of hydrogen-bond donors (Lipinski definition) is 2. The molecular weight excluding hydrogens is 118 g/mol. The molecule has 0 rings (SSSR count). The Labute approximate surface area is 56.0 Å². The molecule has 3 heteroatoms. The lowest BCUT2D eigenvalue weighted by Gasteiger charge is -2.06. The molecule has 1 atom stereocenters. The Hall–Kier alpha value is -0.120. The van der Waals surface area contributed by atoms with E-state index in [0.717, 1.165) is 19.4 Å². The van der Waals surface area contributed by atoms with E-state index in [2.05, 4.69) is 5.48 Å². The fraction of sp³-hybridized carbons (Fsp3) is 1.00. The van der Waals surface area contributed by atoms with Crippen molar-refractivity contribution in [1.82, 2.24) is 5.48 Å². The summed E-state index contributed by atoms with van der Waals surface area (Å²) in [4.78, 5) is 0. The van der Waals surface area contributed by atoms with E-state index >= 15 is 0 Å². The fourth-order valence-electron chi connectivity index (χ4n) is 0.598. The van der Waals surface area contributed by atoms with Crippen LogP contribution in [0, 0.1) is 0 Å². The van der Waals surface area contributed by atoms with Gasteiger partial charge in [-0.1, -0.05) is 0 Å². The quantitative estimate of drug-likeness (QED) is 0.430. The molecule has 0 aliphatic heterocycles. The summed E-state index contributed by atoms with van der Waals surface area (Å²) in [7, 11) is 1.68. The molecule has 2 N–H and O–H groups in total. The third kappa shape index (κ3) is 5.76. The Morgan fingerprint density at radius 1 is 1.67 bits per heavy atom. The predicted molar refractivity (Wildman–Crippen MR) is 35.5 cm³/mol. The number of ether oxygens (including phenoxy) is 1. The summed E-state index contributed by atoms with van der Waals surface area (Å²) < 4.78 is 4.83. The van der Waals surface area contributed by atoms with Gasteiger partial charge in [0.1, 0.15) is 0 Å². The maximum atomic E-state index is 8.34. The van der Waals surface area contributed by atoms with Crippen LogP contribution in [0.2, 0.25) is 0 Å². The van der Waals surface area contributed by atoms with Crippen LogP contribution in [0.3, 0.4) is 0 Å². The topological polar surface area (TPSA) is 41.5 Å². The Bertz CT molecular complexity index is 59.0. The van der Waals surface area contributed by atoms with Crippen molar-refractivity contribution >= 4 is 0 Å². The minimum atomic E-state index is 0.181. The SMILES string of the molecule is COCCCC(C)NO. The average molecular weight is 133 g/mol. The van der Waals surface area contributed by atoms with E-state index in [1.807, 2.05) is 6.92 Å². The highest BCUT2D eigenvalue weighted by Crippen LogP contribution is 1.94. The summed E-state index contributed by atoms with van der Waals surface area (Å²) in [6.45, 7) is 2.70. The molecule has 0 bridgehead atoms. The summed E-state index contributed by atoms with van der Waals surface area (Å²) in [5.41, 5.74) is 2.17. The number of hydrogen-bond acceptors (Lipinski definition) is 3. The van der Waals surface area contributed by atoms with E-state index in [9.17, 15) is 0 Å². The van der Waals surface area contributed by atoms with Crippen LogP contribution in [0.5, 0.6) is 0 Å². The number of nitrogens with one attached hydrogen (secondary N) is 1. The summed E-state index contributed by atoms with van der Waals surface area (Å²) in [5, 5.41) is 8.34. The molecule has 0 amide bonds. The Kier molecular flexibility index (Phi) is 5.93. The van der Waals surface area contributed by atoms with E-state index in [-0.39, 0.29) is 6.04 Å². The molecule has 0 spiro atoms. The van der Waals surface area contributed by atoms with Gasteiger partial charge in [-0.2, -0.15) is 0 Å². The van der Waals surface area contributed by atoms with Gasteiger partial charge in [0.2, 0.25) is 0 Å². The van der Waals surface area contributed by atoms with Crippen LogP contribution in [0.25, 0.3) is 0 Å². The third-order valence-corrected chi connectivity index (χ3v) is 1.21. The second kappa shape index (κ2) is 6.01. The highest BCUT2D eigenvalue weighted by Gasteiger charge is 1.96. The highest BCUT2D eigenvalue weighted by atomic mass is 16.5. The molecule has 0 fully saturated rings. The molecule has 56 valence electrons. The van der Waals surface area contributed by atoms with Crippen molar-refractivity contribution in [2.45, 2.75) is 25.8 Å². The van der Waals surface area contributed by atoms with Gasteiger partial charge in [-0.3, -0.25) is 0 Å². The molecule has 0 aromatic rings. The van der Waals surface area contributed by atoms with Crippen molar-refractivity contribution in [3.63, 3.8) is 0 Å². The van der Waals surface area contributed by atoms with Crippen molar-refractivity contribution in [2.75, 3.05) is 13.7 Å². The first-order valence-corrected chi connectivity index (χ1v) is 3.19. The summed E-state index contributed by atoms with van der Waals surface area (Å²) >= 11 is 0. The molecule has 3 nitrogen and oxygen atoms in total. The van der Waals surface area contributed by atoms with E-state index in [4.69, 9.17) is 9.94 Å². The maximum Gasteiger partial charge on any atom is 0.0462 e. The first kappa shape index (κ1) is 8.88. The first-order valence-electron chi connectivity index (χ1n) is 3.19. The number of methoxy groups -OCH3 is 1. The van der Waals surface area contributed by atoms with Crippen molar-refractivity contribution in [3.8, 4) is 0 Å². The second-order valence-electron chi connectivity index (χ2n) is 2.17. The normalized spacial score (nSPS) is 13.7. The molecular formula is C6H15NO2. The van der Waals surface area contributed by atoms with Crippen LogP contribution in [-0.2, 0) is 4.74 Å². The van der Waals surface area contributed by atoms with Crippen LogP contribution >= 0.6 is 0 Å². The van der Waals surface area contributed by atoms with Crippen LogP contribution in [0.4, 0.5) is 0 Å². The van der Waals surface area contributed by atoms with Gasteiger partial charge in [-0.15, -0.1) is 0 Å². The van der Waals surface area contributed by atoms with Crippen LogP contribution in [0.15, 0.2) is 0 Å². The van der Waals surface area contributed by atoms with Crippen LogP contribution < -0.4 is 5.48 Å². The summed E-state index contributed by atoms with van der Waals surface area (Å²) in [6.07, 6.45) is 1.94. The summed E-state index contributed by atoms with van der Waals surface area (Å²) in [6, 6.07) is 0.181. The zero-order chi connectivity index (χ0) is 7.11. The van der Waals surface area contributed by atoms with Gasteiger partial charge in [0.25, 0.3) is 0 Å². The average Bonchev–Trinajstić information content (AvgIpc) is 1.89. The van der Waals surface area contributed by atoms with Crippen LogP contribution in [-0.4, -0.2) is 25.0 Å². The monoisotopic (exact) mass is 133 g/mol. The summed E-state index contributed by atoms with van der Waals surface area (Å²) in [5.74, 6) is 0. The fourth-order valence-corrected chi connectivity index (χ4v) is 0.598. The third-order valence-electron chi connectivity index (χ3n) is 1.21. The molecule has 0 radical (unpaired) electrons. The minimum Gasteiger partial charge on any atom is -0.385 e. The lowest BCUT2D eigenvalue weighted by atomic mass is 10.2. The Morgan fingerprint density at radius 3 is 2.78 bits per heavy atom. The van der Waals surface area contributed by atoms with Crippen molar-refractivity contribution < 1.29 is 9.94 Å². The van der Waals surface area contributed by atoms with E-state index in [1.54, 1.807) is 7.11 Å². The molecule has 9 heavy (non-hydrogen) atoms. The number of rotatable bonds is 5.